The molecule has 0 fully saturated rings. The van der Waals surface area contributed by atoms with E-state index in [4.69, 9.17) is 5.73 Å². The van der Waals surface area contributed by atoms with Gasteiger partial charge in [0.05, 0.1) is 0 Å². The predicted molar refractivity (Wildman–Crippen MR) is 70.6 cm³/mol. The van der Waals surface area contributed by atoms with Crippen LogP contribution in [-0.2, 0) is 6.42 Å². The second-order valence-corrected chi connectivity index (χ2v) is 4.85. The van der Waals surface area contributed by atoms with Crippen molar-refractivity contribution in [2.75, 3.05) is 0 Å². The van der Waals surface area contributed by atoms with Gasteiger partial charge in [0.15, 0.2) is 0 Å². The Bertz CT molecular complexity index is 320. The Hall–Kier alpha value is -0.860. The van der Waals surface area contributed by atoms with E-state index in [9.17, 15) is 0 Å². The van der Waals surface area contributed by atoms with Crippen LogP contribution in [0.25, 0.3) is 0 Å². The van der Waals surface area contributed by atoms with Crippen molar-refractivity contribution in [3.63, 3.8) is 0 Å². The van der Waals surface area contributed by atoms with Crippen molar-refractivity contribution in [1.29, 1.82) is 0 Å². The van der Waals surface area contributed by atoms with Crippen LogP contribution in [0.5, 0.6) is 0 Å². The molecule has 0 heterocycles. The number of aryl methyl sites for hydroxylation is 1. The SMILES string of the molecule is Cc1ccccc1CC(C)NC(C)C(C)N. The molecular weight excluding hydrogens is 196 g/mol. The molecule has 3 N–H and O–H groups in total. The minimum absolute atomic E-state index is 0.194. The van der Waals surface area contributed by atoms with Crippen LogP contribution in [-0.4, -0.2) is 18.1 Å². The van der Waals surface area contributed by atoms with Gasteiger partial charge in [-0.05, 0) is 45.2 Å². The Morgan fingerprint density at radius 1 is 1.19 bits per heavy atom. The summed E-state index contributed by atoms with van der Waals surface area (Å²) in [7, 11) is 0. The molecule has 1 aromatic carbocycles. The first-order chi connectivity index (χ1) is 7.50. The first-order valence-electron chi connectivity index (χ1n) is 6.07. The average Bonchev–Trinajstić information content (AvgIpc) is 2.21. The van der Waals surface area contributed by atoms with Crippen LogP contribution >= 0.6 is 0 Å². The molecule has 2 nitrogen and oxygen atoms in total. The summed E-state index contributed by atoms with van der Waals surface area (Å²) in [5.74, 6) is 0. The van der Waals surface area contributed by atoms with Crippen LogP contribution in [0, 0.1) is 6.92 Å². The zero-order valence-electron chi connectivity index (χ0n) is 10.8. The molecule has 0 radical (unpaired) electrons. The minimum Gasteiger partial charge on any atom is -0.327 e. The Kier molecular flexibility index (Phi) is 4.97. The fraction of sp³-hybridized carbons (Fsp3) is 0.571. The van der Waals surface area contributed by atoms with Crippen molar-refractivity contribution in [2.24, 2.45) is 5.73 Å². The van der Waals surface area contributed by atoms with Crippen molar-refractivity contribution in [3.05, 3.63) is 35.4 Å². The zero-order valence-corrected chi connectivity index (χ0v) is 10.8. The van der Waals surface area contributed by atoms with Gasteiger partial charge in [-0.2, -0.15) is 0 Å². The van der Waals surface area contributed by atoms with Gasteiger partial charge in [0.2, 0.25) is 0 Å². The lowest BCUT2D eigenvalue weighted by Gasteiger charge is -2.23. The van der Waals surface area contributed by atoms with Gasteiger partial charge in [-0.3, -0.25) is 0 Å². The fourth-order valence-corrected chi connectivity index (χ4v) is 1.83. The number of benzene rings is 1. The van der Waals surface area contributed by atoms with Crippen molar-refractivity contribution in [2.45, 2.75) is 52.2 Å². The molecule has 16 heavy (non-hydrogen) atoms. The van der Waals surface area contributed by atoms with E-state index >= 15 is 0 Å². The number of nitrogens with two attached hydrogens (primary N) is 1. The van der Waals surface area contributed by atoms with E-state index in [0.29, 0.717) is 12.1 Å². The summed E-state index contributed by atoms with van der Waals surface area (Å²) < 4.78 is 0. The average molecular weight is 220 g/mol. The molecular formula is C14H24N2. The third kappa shape index (κ3) is 3.95. The van der Waals surface area contributed by atoms with Gasteiger partial charge in [-0.15, -0.1) is 0 Å². The highest BCUT2D eigenvalue weighted by atomic mass is 15.0. The van der Waals surface area contributed by atoms with E-state index in [-0.39, 0.29) is 6.04 Å². The number of rotatable bonds is 5. The Labute approximate surface area is 99.2 Å². The highest BCUT2D eigenvalue weighted by Crippen LogP contribution is 2.10. The first kappa shape index (κ1) is 13.2. The molecule has 3 unspecified atom stereocenters. The van der Waals surface area contributed by atoms with E-state index in [1.54, 1.807) is 0 Å². The molecule has 0 aliphatic carbocycles. The molecule has 0 aliphatic rings. The summed E-state index contributed by atoms with van der Waals surface area (Å²) in [4.78, 5) is 0. The summed E-state index contributed by atoms with van der Waals surface area (Å²) in [5, 5.41) is 3.53. The molecule has 1 aromatic rings. The second-order valence-electron chi connectivity index (χ2n) is 4.85. The summed E-state index contributed by atoms with van der Waals surface area (Å²) in [6.45, 7) is 8.56. The van der Waals surface area contributed by atoms with Crippen molar-refractivity contribution >= 4 is 0 Å². The predicted octanol–water partition coefficient (Wildman–Crippen LogP) is 2.25. The van der Waals surface area contributed by atoms with Crippen LogP contribution in [0.1, 0.15) is 31.9 Å². The molecule has 90 valence electrons. The lowest BCUT2D eigenvalue weighted by molar-refractivity contribution is 0.420. The van der Waals surface area contributed by atoms with Crippen molar-refractivity contribution in [1.82, 2.24) is 5.32 Å². The minimum atomic E-state index is 0.194. The van der Waals surface area contributed by atoms with Gasteiger partial charge >= 0.3 is 0 Å². The van der Waals surface area contributed by atoms with Gasteiger partial charge in [0, 0.05) is 18.1 Å². The van der Waals surface area contributed by atoms with Gasteiger partial charge in [0.1, 0.15) is 0 Å². The van der Waals surface area contributed by atoms with E-state index in [2.05, 4.69) is 50.4 Å². The third-order valence-corrected chi connectivity index (χ3v) is 3.12. The van der Waals surface area contributed by atoms with Crippen molar-refractivity contribution in [3.8, 4) is 0 Å². The Morgan fingerprint density at radius 3 is 2.38 bits per heavy atom. The maximum atomic E-state index is 5.85. The molecule has 1 rings (SSSR count). The molecule has 0 amide bonds. The number of nitrogens with one attached hydrogen (secondary N) is 1. The van der Waals surface area contributed by atoms with Crippen LogP contribution < -0.4 is 11.1 Å². The standard InChI is InChI=1S/C14H24N2/c1-10-7-5-6-8-14(10)9-11(2)16-13(4)12(3)15/h5-8,11-13,16H,9,15H2,1-4H3. The summed E-state index contributed by atoms with van der Waals surface area (Å²) in [5.41, 5.74) is 8.63. The van der Waals surface area contributed by atoms with Gasteiger partial charge in [-0.1, -0.05) is 24.3 Å². The molecule has 0 spiro atoms. The fourth-order valence-electron chi connectivity index (χ4n) is 1.83. The Balaban J connectivity index is 2.52. The number of hydrogen-bond donors (Lipinski definition) is 2. The molecule has 2 heteroatoms. The summed E-state index contributed by atoms with van der Waals surface area (Å²) in [6.07, 6.45) is 1.06. The van der Waals surface area contributed by atoms with Crippen LogP contribution in [0.2, 0.25) is 0 Å². The topological polar surface area (TPSA) is 38.0 Å². The highest BCUT2D eigenvalue weighted by Gasteiger charge is 2.11. The zero-order chi connectivity index (χ0) is 12.1. The van der Waals surface area contributed by atoms with E-state index < -0.39 is 0 Å². The summed E-state index contributed by atoms with van der Waals surface area (Å²) >= 11 is 0. The van der Waals surface area contributed by atoms with Gasteiger partial charge in [0.25, 0.3) is 0 Å². The molecule has 0 aliphatic heterocycles. The van der Waals surface area contributed by atoms with Gasteiger partial charge < -0.3 is 11.1 Å². The smallest absolute Gasteiger partial charge is 0.0190 e. The number of hydrogen-bond acceptors (Lipinski definition) is 2. The quantitative estimate of drug-likeness (QED) is 0.798. The monoisotopic (exact) mass is 220 g/mol. The largest absolute Gasteiger partial charge is 0.327 e. The lowest BCUT2D eigenvalue weighted by Crippen LogP contribution is -2.45. The maximum Gasteiger partial charge on any atom is 0.0190 e. The molecule has 3 atom stereocenters. The van der Waals surface area contributed by atoms with Crippen LogP contribution in [0.4, 0.5) is 0 Å². The lowest BCUT2D eigenvalue weighted by atomic mass is 10.0. The van der Waals surface area contributed by atoms with Crippen LogP contribution in [0.3, 0.4) is 0 Å². The first-order valence-corrected chi connectivity index (χ1v) is 6.07. The Morgan fingerprint density at radius 2 is 1.81 bits per heavy atom. The van der Waals surface area contributed by atoms with Crippen LogP contribution in [0.15, 0.2) is 24.3 Å². The molecule has 0 bridgehead atoms. The molecule has 0 saturated carbocycles. The maximum absolute atomic E-state index is 5.85. The van der Waals surface area contributed by atoms with E-state index in [1.165, 1.54) is 11.1 Å². The normalized spacial score (nSPS) is 16.8. The summed E-state index contributed by atoms with van der Waals surface area (Å²) in [6, 6.07) is 9.56. The second kappa shape index (κ2) is 6.02. The van der Waals surface area contributed by atoms with E-state index in [1.807, 2.05) is 6.92 Å². The molecule has 0 saturated heterocycles. The highest BCUT2D eigenvalue weighted by molar-refractivity contribution is 5.26. The van der Waals surface area contributed by atoms with Crippen molar-refractivity contribution < 1.29 is 0 Å². The van der Waals surface area contributed by atoms with E-state index in [0.717, 1.165) is 6.42 Å². The molecule has 0 aromatic heterocycles. The third-order valence-electron chi connectivity index (χ3n) is 3.12. The van der Waals surface area contributed by atoms with Gasteiger partial charge in [-0.25, -0.2) is 0 Å².